The van der Waals surface area contributed by atoms with E-state index in [1.165, 1.54) is 12.1 Å². The minimum atomic E-state index is -0.412. The first-order valence-electron chi connectivity index (χ1n) is 6.83. The van der Waals surface area contributed by atoms with E-state index in [2.05, 4.69) is 5.32 Å². The highest BCUT2D eigenvalue weighted by molar-refractivity contribution is 5.90. The Morgan fingerprint density at radius 1 is 1.40 bits per heavy atom. The van der Waals surface area contributed by atoms with Gasteiger partial charge in [0, 0.05) is 20.0 Å². The Morgan fingerprint density at radius 3 is 2.65 bits per heavy atom. The second-order valence-electron chi connectivity index (χ2n) is 5.10. The number of halogens is 1. The van der Waals surface area contributed by atoms with Crippen LogP contribution in [0.2, 0.25) is 0 Å². The second kappa shape index (κ2) is 6.03. The largest absolute Gasteiger partial charge is 0.356 e. The molecule has 4 nitrogen and oxygen atoms in total. The van der Waals surface area contributed by atoms with Crippen LogP contribution in [-0.2, 0) is 9.59 Å². The van der Waals surface area contributed by atoms with Crippen LogP contribution >= 0.6 is 0 Å². The molecule has 1 saturated heterocycles. The molecule has 2 atom stereocenters. The summed E-state index contributed by atoms with van der Waals surface area (Å²) in [4.78, 5) is 25.6. The van der Waals surface area contributed by atoms with Gasteiger partial charge in [-0.3, -0.25) is 9.59 Å². The predicted octanol–water partition coefficient (Wildman–Crippen LogP) is 1.87. The van der Waals surface area contributed by atoms with Gasteiger partial charge in [-0.25, -0.2) is 4.39 Å². The third-order valence-corrected chi connectivity index (χ3v) is 3.68. The Hall–Kier alpha value is -1.91. The molecule has 1 heterocycles. The van der Waals surface area contributed by atoms with Crippen LogP contribution in [0.15, 0.2) is 24.3 Å². The monoisotopic (exact) mass is 278 g/mol. The number of hydrogen-bond acceptors (Lipinski definition) is 2. The summed E-state index contributed by atoms with van der Waals surface area (Å²) >= 11 is 0. The molecule has 2 amide bonds. The van der Waals surface area contributed by atoms with Crippen LogP contribution in [0.4, 0.5) is 4.39 Å². The lowest BCUT2D eigenvalue weighted by Crippen LogP contribution is -2.34. The van der Waals surface area contributed by atoms with Crippen LogP contribution in [0.3, 0.4) is 0 Å². The molecule has 0 spiro atoms. The first kappa shape index (κ1) is 14.5. The number of nitrogens with zero attached hydrogens (tertiary/aromatic N) is 1. The van der Waals surface area contributed by atoms with Crippen LogP contribution in [0.25, 0.3) is 0 Å². The zero-order chi connectivity index (χ0) is 14.7. The highest BCUT2D eigenvalue weighted by Gasteiger charge is 2.42. The van der Waals surface area contributed by atoms with E-state index >= 15 is 0 Å². The van der Waals surface area contributed by atoms with E-state index in [-0.39, 0.29) is 30.1 Å². The van der Waals surface area contributed by atoms with Crippen molar-refractivity contribution in [2.75, 3.05) is 13.6 Å². The summed E-state index contributed by atoms with van der Waals surface area (Å²) in [5, 5.41) is 2.83. The number of carbonyl (C=O) groups excluding carboxylic acids is 2. The summed E-state index contributed by atoms with van der Waals surface area (Å²) in [6.07, 6.45) is 1.05. The van der Waals surface area contributed by atoms with Crippen molar-refractivity contribution in [1.29, 1.82) is 0 Å². The number of likely N-dealkylation sites (tertiary alicyclic amines) is 1. The zero-order valence-corrected chi connectivity index (χ0v) is 11.7. The highest BCUT2D eigenvalue weighted by atomic mass is 19.1. The van der Waals surface area contributed by atoms with Gasteiger partial charge >= 0.3 is 0 Å². The van der Waals surface area contributed by atoms with E-state index in [1.54, 1.807) is 24.1 Å². The summed E-state index contributed by atoms with van der Waals surface area (Å²) < 4.78 is 13.0. The van der Waals surface area contributed by atoms with Crippen molar-refractivity contribution in [2.24, 2.45) is 5.92 Å². The molecule has 0 aliphatic carbocycles. The van der Waals surface area contributed by atoms with Crippen molar-refractivity contribution in [2.45, 2.75) is 25.8 Å². The summed E-state index contributed by atoms with van der Waals surface area (Å²) in [6, 6.07) is 5.66. The van der Waals surface area contributed by atoms with E-state index in [1.807, 2.05) is 6.92 Å². The van der Waals surface area contributed by atoms with E-state index in [9.17, 15) is 14.0 Å². The van der Waals surface area contributed by atoms with Gasteiger partial charge in [-0.2, -0.15) is 0 Å². The molecule has 1 fully saturated rings. The lowest BCUT2D eigenvalue weighted by Gasteiger charge is -2.24. The van der Waals surface area contributed by atoms with Gasteiger partial charge in [0.25, 0.3) is 0 Å². The fraction of sp³-hybridized carbons (Fsp3) is 0.467. The first-order chi connectivity index (χ1) is 9.54. The van der Waals surface area contributed by atoms with Crippen LogP contribution < -0.4 is 5.32 Å². The number of benzene rings is 1. The molecule has 1 aliphatic heterocycles. The molecule has 0 aromatic heterocycles. The zero-order valence-electron chi connectivity index (χ0n) is 11.7. The summed E-state index contributed by atoms with van der Waals surface area (Å²) in [5.74, 6) is -0.910. The van der Waals surface area contributed by atoms with Crippen molar-refractivity contribution in [1.82, 2.24) is 10.2 Å². The molecule has 1 aromatic rings. The number of rotatable bonds is 4. The van der Waals surface area contributed by atoms with Gasteiger partial charge in [-0.1, -0.05) is 19.1 Å². The van der Waals surface area contributed by atoms with Crippen molar-refractivity contribution < 1.29 is 14.0 Å². The normalized spacial score (nSPS) is 22.1. The van der Waals surface area contributed by atoms with Gasteiger partial charge in [0.2, 0.25) is 11.8 Å². The van der Waals surface area contributed by atoms with Gasteiger partial charge in [0.05, 0.1) is 12.0 Å². The minimum Gasteiger partial charge on any atom is -0.356 e. The summed E-state index contributed by atoms with van der Waals surface area (Å²) in [6.45, 7) is 2.58. The van der Waals surface area contributed by atoms with E-state index in [0.717, 1.165) is 12.0 Å². The van der Waals surface area contributed by atoms with Crippen LogP contribution in [-0.4, -0.2) is 30.3 Å². The van der Waals surface area contributed by atoms with Crippen LogP contribution in [0, 0.1) is 11.7 Å². The van der Waals surface area contributed by atoms with Crippen molar-refractivity contribution in [3.05, 3.63) is 35.6 Å². The molecule has 2 rings (SSSR count). The van der Waals surface area contributed by atoms with Gasteiger partial charge in [0.1, 0.15) is 5.82 Å². The first-order valence-corrected chi connectivity index (χ1v) is 6.83. The van der Waals surface area contributed by atoms with E-state index < -0.39 is 5.92 Å². The topological polar surface area (TPSA) is 49.4 Å². The van der Waals surface area contributed by atoms with Gasteiger partial charge in [-0.15, -0.1) is 0 Å². The summed E-state index contributed by atoms with van der Waals surface area (Å²) in [7, 11) is 1.68. The highest BCUT2D eigenvalue weighted by Crippen LogP contribution is 2.37. The molecular weight excluding hydrogens is 259 g/mol. The molecule has 0 radical (unpaired) electrons. The minimum absolute atomic E-state index is 0.0593. The number of hydrogen-bond donors (Lipinski definition) is 1. The molecular formula is C15H19FN2O2. The van der Waals surface area contributed by atoms with E-state index in [4.69, 9.17) is 0 Å². The fourth-order valence-electron chi connectivity index (χ4n) is 2.60. The van der Waals surface area contributed by atoms with E-state index in [0.29, 0.717) is 6.54 Å². The smallest absolute Gasteiger partial charge is 0.226 e. The molecule has 0 bridgehead atoms. The molecule has 108 valence electrons. The quantitative estimate of drug-likeness (QED) is 0.914. The Kier molecular flexibility index (Phi) is 4.37. The standard InChI is InChI=1S/C15H19FN2O2/c1-3-8-17-15(20)12-9-13(19)18(2)14(12)10-4-6-11(16)7-5-10/h4-7,12,14H,3,8-9H2,1-2H3,(H,17,20). The lowest BCUT2D eigenvalue weighted by molar-refractivity contribution is -0.128. The van der Waals surface area contributed by atoms with Crippen molar-refractivity contribution in [3.63, 3.8) is 0 Å². The van der Waals surface area contributed by atoms with Crippen molar-refractivity contribution in [3.8, 4) is 0 Å². The SMILES string of the molecule is CCCNC(=O)C1CC(=O)N(C)C1c1ccc(F)cc1. The molecule has 2 unspecified atom stereocenters. The average molecular weight is 278 g/mol. The average Bonchev–Trinajstić information content (AvgIpc) is 2.73. The molecule has 5 heteroatoms. The van der Waals surface area contributed by atoms with Crippen LogP contribution in [0.1, 0.15) is 31.4 Å². The fourth-order valence-corrected chi connectivity index (χ4v) is 2.60. The second-order valence-corrected chi connectivity index (χ2v) is 5.10. The van der Waals surface area contributed by atoms with Crippen molar-refractivity contribution >= 4 is 11.8 Å². The van der Waals surface area contributed by atoms with Gasteiger partial charge in [-0.05, 0) is 24.1 Å². The number of carbonyl (C=O) groups is 2. The molecule has 0 saturated carbocycles. The molecule has 1 N–H and O–H groups in total. The third kappa shape index (κ3) is 2.81. The third-order valence-electron chi connectivity index (χ3n) is 3.68. The maximum atomic E-state index is 13.0. The Labute approximate surface area is 118 Å². The molecule has 20 heavy (non-hydrogen) atoms. The maximum absolute atomic E-state index is 13.0. The number of nitrogens with one attached hydrogen (secondary N) is 1. The summed E-state index contributed by atoms with van der Waals surface area (Å²) in [5.41, 5.74) is 0.788. The number of amides is 2. The van der Waals surface area contributed by atoms with Gasteiger partial charge < -0.3 is 10.2 Å². The molecule has 1 aromatic carbocycles. The van der Waals surface area contributed by atoms with Crippen LogP contribution in [0.5, 0.6) is 0 Å². The lowest BCUT2D eigenvalue weighted by atomic mass is 9.93. The maximum Gasteiger partial charge on any atom is 0.226 e. The Bertz CT molecular complexity index is 501. The Balaban J connectivity index is 2.24. The molecule has 1 aliphatic rings. The van der Waals surface area contributed by atoms with Gasteiger partial charge in [0.15, 0.2) is 0 Å². The predicted molar refractivity (Wildman–Crippen MR) is 73.3 cm³/mol. The Morgan fingerprint density at radius 2 is 2.05 bits per heavy atom.